The van der Waals surface area contributed by atoms with Crippen LogP contribution in [0.1, 0.15) is 25.1 Å². The number of aromatic nitrogens is 4. The van der Waals surface area contributed by atoms with Crippen molar-refractivity contribution in [2.24, 2.45) is 7.05 Å². The quantitative estimate of drug-likeness (QED) is 0.447. The van der Waals surface area contributed by atoms with Gasteiger partial charge in [0, 0.05) is 75.7 Å². The standard InChI is InChI=1S/C26H30N6O2.H2/c1-4-6-9-32-16-21(19-7-8-27-24(19)26(32)34)20-14-18(15-22-23(20)28-17-29(22)3)25(33)31-12-10-30(5-2)11-13-31;/h4,7-8,14-17,27H,1,5-6,9-13H2,2-3H3;1H. The van der Waals surface area contributed by atoms with E-state index in [0.717, 1.165) is 60.3 Å². The van der Waals surface area contributed by atoms with Gasteiger partial charge in [-0.1, -0.05) is 13.0 Å². The number of likely N-dealkylation sites (N-methyl/N-ethyl adjacent to an activating group) is 1. The molecule has 8 nitrogen and oxygen atoms in total. The first-order valence-corrected chi connectivity index (χ1v) is 11.8. The minimum absolute atomic E-state index is 0. The molecule has 0 radical (unpaired) electrons. The van der Waals surface area contributed by atoms with Crippen LogP contribution in [0.25, 0.3) is 33.1 Å². The number of fused-ring (bicyclic) bond motifs is 2. The Morgan fingerprint density at radius 1 is 1.24 bits per heavy atom. The van der Waals surface area contributed by atoms with Gasteiger partial charge in [0.05, 0.1) is 17.4 Å². The number of carbonyl (C=O) groups is 1. The summed E-state index contributed by atoms with van der Waals surface area (Å²) in [5.74, 6) is 0.0328. The number of aromatic amines is 1. The largest absolute Gasteiger partial charge is 0.357 e. The van der Waals surface area contributed by atoms with Gasteiger partial charge < -0.3 is 23.9 Å². The molecule has 0 atom stereocenters. The molecule has 1 saturated heterocycles. The molecule has 1 N–H and O–H groups in total. The van der Waals surface area contributed by atoms with E-state index in [1.165, 1.54) is 0 Å². The first-order valence-electron chi connectivity index (χ1n) is 11.8. The van der Waals surface area contributed by atoms with Gasteiger partial charge in [0.2, 0.25) is 0 Å². The molecule has 8 heteroatoms. The van der Waals surface area contributed by atoms with E-state index in [1.807, 2.05) is 40.9 Å². The summed E-state index contributed by atoms with van der Waals surface area (Å²) in [6.07, 6.45) is 7.93. The average Bonchev–Trinajstić information content (AvgIpc) is 3.50. The average molecular weight is 461 g/mol. The topological polar surface area (TPSA) is 79.2 Å². The van der Waals surface area contributed by atoms with Crippen LogP contribution in [0.15, 0.2) is 54.4 Å². The predicted molar refractivity (Wildman–Crippen MR) is 137 cm³/mol. The normalized spacial score (nSPS) is 14.8. The second-order valence-corrected chi connectivity index (χ2v) is 8.86. The molecule has 3 aromatic heterocycles. The van der Waals surface area contributed by atoms with Gasteiger partial charge in [-0.25, -0.2) is 4.98 Å². The number of H-pyrrole nitrogens is 1. The molecule has 0 aliphatic carbocycles. The van der Waals surface area contributed by atoms with Crippen molar-refractivity contribution in [3.8, 4) is 11.1 Å². The summed E-state index contributed by atoms with van der Waals surface area (Å²) in [6, 6.07) is 5.79. The Hall–Kier alpha value is -3.65. The van der Waals surface area contributed by atoms with Crippen molar-refractivity contribution in [1.82, 2.24) is 28.9 Å². The zero-order valence-corrected chi connectivity index (χ0v) is 19.8. The van der Waals surface area contributed by atoms with E-state index in [2.05, 4.69) is 28.4 Å². The lowest BCUT2D eigenvalue weighted by atomic mass is 9.99. The second kappa shape index (κ2) is 8.95. The second-order valence-electron chi connectivity index (χ2n) is 8.86. The fourth-order valence-corrected chi connectivity index (χ4v) is 4.82. The molecular formula is C26H32N6O2. The van der Waals surface area contributed by atoms with E-state index in [-0.39, 0.29) is 12.9 Å². The van der Waals surface area contributed by atoms with Crippen LogP contribution in [-0.4, -0.2) is 67.5 Å². The van der Waals surface area contributed by atoms with Gasteiger partial charge >= 0.3 is 0 Å². The Morgan fingerprint density at radius 2 is 2.03 bits per heavy atom. The highest BCUT2D eigenvalue weighted by atomic mass is 16.2. The number of piperazine rings is 1. The van der Waals surface area contributed by atoms with Crippen molar-refractivity contribution in [3.63, 3.8) is 0 Å². The fourth-order valence-electron chi connectivity index (χ4n) is 4.82. The van der Waals surface area contributed by atoms with Gasteiger partial charge in [-0.05, 0) is 31.2 Å². The predicted octanol–water partition coefficient (Wildman–Crippen LogP) is 3.48. The molecule has 1 fully saturated rings. The van der Waals surface area contributed by atoms with Crippen molar-refractivity contribution in [2.75, 3.05) is 32.7 Å². The van der Waals surface area contributed by atoms with E-state index < -0.39 is 0 Å². The van der Waals surface area contributed by atoms with Crippen LogP contribution in [0.2, 0.25) is 0 Å². The van der Waals surface area contributed by atoms with Crippen LogP contribution in [0.4, 0.5) is 0 Å². The highest BCUT2D eigenvalue weighted by molar-refractivity contribution is 6.06. The smallest absolute Gasteiger partial charge is 0.274 e. The number of aryl methyl sites for hydroxylation is 2. The maximum Gasteiger partial charge on any atom is 0.274 e. The van der Waals surface area contributed by atoms with Crippen molar-refractivity contribution >= 4 is 27.8 Å². The first kappa shape index (κ1) is 22.2. The van der Waals surface area contributed by atoms with Crippen molar-refractivity contribution in [1.29, 1.82) is 0 Å². The first-order chi connectivity index (χ1) is 16.5. The molecule has 4 aromatic rings. The Morgan fingerprint density at radius 3 is 2.76 bits per heavy atom. The van der Waals surface area contributed by atoms with E-state index in [4.69, 9.17) is 0 Å². The summed E-state index contributed by atoms with van der Waals surface area (Å²) in [5.41, 5.74) is 4.57. The molecule has 4 heterocycles. The summed E-state index contributed by atoms with van der Waals surface area (Å²) < 4.78 is 3.65. The fraction of sp³-hybridized carbons (Fsp3) is 0.346. The van der Waals surface area contributed by atoms with Gasteiger partial charge in [-0.15, -0.1) is 6.58 Å². The zero-order valence-electron chi connectivity index (χ0n) is 19.8. The SMILES string of the molecule is C=CCCn1cc(-c2cc(C(=O)N3CCN(CC)CC3)cc3c2ncn3C)c2cc[nH]c2c1=O.[HH]. The highest BCUT2D eigenvalue weighted by Gasteiger charge is 2.24. The Labute approximate surface area is 199 Å². The Bertz CT molecular complexity index is 1440. The molecule has 0 spiro atoms. The zero-order chi connectivity index (χ0) is 23.8. The van der Waals surface area contributed by atoms with Crippen LogP contribution in [0, 0.1) is 0 Å². The summed E-state index contributed by atoms with van der Waals surface area (Å²) in [7, 11) is 1.93. The van der Waals surface area contributed by atoms with Crippen LogP contribution < -0.4 is 5.56 Å². The van der Waals surface area contributed by atoms with E-state index in [1.54, 1.807) is 23.2 Å². The maximum atomic E-state index is 13.5. The van der Waals surface area contributed by atoms with Crippen molar-refractivity contribution in [2.45, 2.75) is 19.9 Å². The maximum absolute atomic E-state index is 13.5. The highest BCUT2D eigenvalue weighted by Crippen LogP contribution is 2.33. The van der Waals surface area contributed by atoms with Crippen LogP contribution in [0.3, 0.4) is 0 Å². The number of rotatable bonds is 6. The van der Waals surface area contributed by atoms with Crippen molar-refractivity contribution < 1.29 is 6.22 Å². The number of nitrogens with one attached hydrogen (secondary N) is 1. The Kier molecular flexibility index (Phi) is 5.83. The number of carbonyl (C=O) groups excluding carboxylic acids is 1. The van der Waals surface area contributed by atoms with Crippen LogP contribution in [-0.2, 0) is 13.6 Å². The number of hydrogen-bond acceptors (Lipinski definition) is 4. The van der Waals surface area contributed by atoms with Gasteiger partial charge in [0.25, 0.3) is 11.5 Å². The third kappa shape index (κ3) is 3.74. The molecule has 1 aliphatic heterocycles. The Balaban J connectivity index is 0.00000289. The number of benzene rings is 1. The molecule has 5 rings (SSSR count). The molecule has 1 amide bonds. The number of imidazole rings is 1. The third-order valence-corrected chi connectivity index (χ3v) is 6.84. The molecule has 0 saturated carbocycles. The lowest BCUT2D eigenvalue weighted by molar-refractivity contribution is 0.0643. The number of amides is 1. The van der Waals surface area contributed by atoms with Crippen molar-refractivity contribution in [3.05, 3.63) is 65.5 Å². The molecule has 0 unspecified atom stereocenters. The summed E-state index contributed by atoms with van der Waals surface area (Å²) in [4.78, 5) is 38.6. The lowest BCUT2D eigenvalue weighted by Gasteiger charge is -2.34. The molecule has 0 bridgehead atoms. The summed E-state index contributed by atoms with van der Waals surface area (Å²) in [6.45, 7) is 10.7. The van der Waals surface area contributed by atoms with Gasteiger partial charge in [-0.3, -0.25) is 9.59 Å². The third-order valence-electron chi connectivity index (χ3n) is 6.84. The summed E-state index contributed by atoms with van der Waals surface area (Å²) in [5, 5.41) is 0.827. The molecule has 34 heavy (non-hydrogen) atoms. The van der Waals surface area contributed by atoms with Gasteiger partial charge in [-0.2, -0.15) is 0 Å². The van der Waals surface area contributed by atoms with E-state index in [9.17, 15) is 9.59 Å². The molecular weight excluding hydrogens is 428 g/mol. The monoisotopic (exact) mass is 460 g/mol. The minimum Gasteiger partial charge on any atom is -0.357 e. The summed E-state index contributed by atoms with van der Waals surface area (Å²) >= 11 is 0. The van der Waals surface area contributed by atoms with E-state index in [0.29, 0.717) is 24.0 Å². The van der Waals surface area contributed by atoms with Crippen LogP contribution >= 0.6 is 0 Å². The molecule has 178 valence electrons. The number of pyridine rings is 1. The number of hydrogen-bond donors (Lipinski definition) is 1. The molecule has 1 aliphatic rings. The molecule has 1 aromatic carbocycles. The van der Waals surface area contributed by atoms with Gasteiger partial charge in [0.1, 0.15) is 5.52 Å². The van der Waals surface area contributed by atoms with Gasteiger partial charge in [0.15, 0.2) is 0 Å². The minimum atomic E-state index is -0.0658. The number of allylic oxidation sites excluding steroid dienone is 1. The van der Waals surface area contributed by atoms with Crippen LogP contribution in [0.5, 0.6) is 0 Å². The van der Waals surface area contributed by atoms with E-state index >= 15 is 0 Å². The number of nitrogens with zero attached hydrogens (tertiary/aromatic N) is 5. The lowest BCUT2D eigenvalue weighted by Crippen LogP contribution is -2.48.